The van der Waals surface area contributed by atoms with Crippen molar-refractivity contribution in [3.8, 4) is 22.8 Å². The number of nitrogens with zero attached hydrogens (tertiary/aromatic N) is 5. The summed E-state index contributed by atoms with van der Waals surface area (Å²) in [6.45, 7) is 8.60. The lowest BCUT2D eigenvalue weighted by Crippen LogP contribution is -2.36. The minimum Gasteiger partial charge on any atom is -0.438 e. The van der Waals surface area contributed by atoms with Gasteiger partial charge >= 0.3 is 0 Å². The fourth-order valence-electron chi connectivity index (χ4n) is 7.79. The van der Waals surface area contributed by atoms with Gasteiger partial charge in [0.05, 0.1) is 37.3 Å². The normalized spacial score (nSPS) is 20.0. The number of hydrogen-bond acceptors (Lipinski definition) is 9. The molecule has 4 heterocycles. The van der Waals surface area contributed by atoms with Crippen LogP contribution >= 0.6 is 11.8 Å². The summed E-state index contributed by atoms with van der Waals surface area (Å²) < 4.78 is 34.1. The van der Waals surface area contributed by atoms with Crippen LogP contribution in [0, 0.1) is 17.7 Å². The number of pyridine rings is 1. The van der Waals surface area contributed by atoms with E-state index >= 15 is 0 Å². The van der Waals surface area contributed by atoms with Gasteiger partial charge in [0.1, 0.15) is 11.6 Å². The van der Waals surface area contributed by atoms with E-state index in [1.807, 2.05) is 49.3 Å². The molecular weight excluding hydrogens is 690 g/mol. The minimum absolute atomic E-state index is 0.124. The van der Waals surface area contributed by atoms with Crippen molar-refractivity contribution in [2.24, 2.45) is 18.9 Å². The third-order valence-corrected chi connectivity index (χ3v) is 11.7. The lowest BCUT2D eigenvalue weighted by atomic mass is 9.78. The van der Waals surface area contributed by atoms with E-state index in [9.17, 15) is 9.18 Å². The van der Waals surface area contributed by atoms with Crippen LogP contribution in [0.15, 0.2) is 67.0 Å². The SMILES string of the molecule is Cn1ccc(COCCC2CCC(CC(=O)c3cc(F)cnc3Oc3cccc(-c4ccc(CN5CCSCC5)cc4CN4CCOCC4)c3)CC2)n1. The summed E-state index contributed by atoms with van der Waals surface area (Å²) in [5.74, 6) is 3.27. The van der Waals surface area contributed by atoms with Gasteiger partial charge in [-0.25, -0.2) is 9.37 Å². The van der Waals surface area contributed by atoms with E-state index in [2.05, 4.69) is 44.1 Å². The van der Waals surface area contributed by atoms with Gasteiger partial charge in [0.15, 0.2) is 5.78 Å². The molecule has 0 unspecified atom stereocenters. The number of ether oxygens (including phenoxy) is 3. The van der Waals surface area contributed by atoms with E-state index in [1.54, 1.807) is 4.68 Å². The molecule has 2 saturated heterocycles. The lowest BCUT2D eigenvalue weighted by molar-refractivity contribution is 0.0342. The van der Waals surface area contributed by atoms with Crippen LogP contribution in [0.5, 0.6) is 11.6 Å². The van der Waals surface area contributed by atoms with Gasteiger partial charge in [0.25, 0.3) is 0 Å². The van der Waals surface area contributed by atoms with E-state index in [4.69, 9.17) is 14.2 Å². The molecule has 11 heteroatoms. The summed E-state index contributed by atoms with van der Waals surface area (Å²) in [6, 6.07) is 18.0. The Labute approximate surface area is 317 Å². The maximum atomic E-state index is 14.5. The Morgan fingerprint density at radius 3 is 2.53 bits per heavy atom. The van der Waals surface area contributed by atoms with Crippen LogP contribution in [0.25, 0.3) is 11.1 Å². The van der Waals surface area contributed by atoms with Crippen molar-refractivity contribution >= 4 is 17.5 Å². The third-order valence-electron chi connectivity index (χ3n) is 10.8. The van der Waals surface area contributed by atoms with Gasteiger partial charge in [0, 0.05) is 77.0 Å². The molecule has 53 heavy (non-hydrogen) atoms. The number of morpholine rings is 1. The van der Waals surface area contributed by atoms with Crippen LogP contribution in [0.4, 0.5) is 4.39 Å². The van der Waals surface area contributed by atoms with Crippen LogP contribution in [-0.2, 0) is 36.2 Å². The number of ketones is 1. The minimum atomic E-state index is -0.542. The van der Waals surface area contributed by atoms with Crippen molar-refractivity contribution in [1.82, 2.24) is 24.6 Å². The van der Waals surface area contributed by atoms with E-state index in [1.165, 1.54) is 28.7 Å². The number of aromatic nitrogens is 3. The highest BCUT2D eigenvalue weighted by Gasteiger charge is 2.26. The number of benzene rings is 2. The van der Waals surface area contributed by atoms with Gasteiger partial charge in [0.2, 0.25) is 5.88 Å². The van der Waals surface area contributed by atoms with Crippen LogP contribution in [0.2, 0.25) is 0 Å². The first-order chi connectivity index (χ1) is 25.9. The number of thioether (sulfide) groups is 1. The van der Waals surface area contributed by atoms with Crippen molar-refractivity contribution in [2.75, 3.05) is 57.5 Å². The molecule has 0 radical (unpaired) electrons. The topological polar surface area (TPSA) is 82.0 Å². The van der Waals surface area contributed by atoms with Crippen LogP contribution in [-0.4, -0.2) is 87.9 Å². The fraction of sp³-hybridized carbons (Fsp3) is 0.500. The third kappa shape index (κ3) is 10.8. The van der Waals surface area contributed by atoms with Gasteiger partial charge in [-0.3, -0.25) is 19.3 Å². The van der Waals surface area contributed by atoms with E-state index in [-0.39, 0.29) is 23.1 Å². The maximum absolute atomic E-state index is 14.5. The largest absolute Gasteiger partial charge is 0.438 e. The van der Waals surface area contributed by atoms with Gasteiger partial charge in [-0.1, -0.05) is 43.2 Å². The van der Waals surface area contributed by atoms with Crippen molar-refractivity contribution in [2.45, 2.75) is 58.2 Å². The van der Waals surface area contributed by atoms with Gasteiger partial charge in [-0.05, 0) is 77.6 Å². The molecule has 3 aliphatic rings. The number of aryl methyl sites for hydroxylation is 1. The standard InChI is InChI=1S/C42H52FN5O4S/c1-46-13-11-37(45-46)30-51-18-12-31-5-7-32(8-6-31)24-41(49)40-26-36(43)27-44-42(40)52-38-4-2-3-34(25-38)39-10-9-33(28-48-16-21-53-22-17-48)23-35(39)29-47-14-19-50-20-15-47/h2-4,9-11,13,23,25-27,31-32H,5-8,12,14-22,24,28-30H2,1H3. The lowest BCUT2D eigenvalue weighted by Gasteiger charge is -2.29. The van der Waals surface area contributed by atoms with Gasteiger partial charge in [-0.2, -0.15) is 16.9 Å². The van der Waals surface area contributed by atoms with Crippen molar-refractivity contribution in [3.05, 3.63) is 95.2 Å². The number of Topliss-reactive ketones (excluding diaryl/α,β-unsaturated/α-hetero) is 1. The number of halogens is 1. The molecule has 0 spiro atoms. The second-order valence-electron chi connectivity index (χ2n) is 14.7. The number of carbonyl (C=O) groups is 1. The molecule has 282 valence electrons. The van der Waals surface area contributed by atoms with Crippen molar-refractivity contribution in [3.63, 3.8) is 0 Å². The maximum Gasteiger partial charge on any atom is 0.230 e. The Morgan fingerprint density at radius 2 is 1.74 bits per heavy atom. The van der Waals surface area contributed by atoms with Crippen molar-refractivity contribution < 1.29 is 23.4 Å². The average molecular weight is 742 g/mol. The summed E-state index contributed by atoms with van der Waals surface area (Å²) in [7, 11) is 1.91. The Morgan fingerprint density at radius 1 is 0.943 bits per heavy atom. The number of hydrogen-bond donors (Lipinski definition) is 0. The highest BCUT2D eigenvalue weighted by atomic mass is 32.2. The molecule has 3 fully saturated rings. The fourth-order valence-corrected chi connectivity index (χ4v) is 8.76. The molecule has 0 bridgehead atoms. The summed E-state index contributed by atoms with van der Waals surface area (Å²) in [4.78, 5) is 22.9. The first kappa shape index (κ1) is 37.7. The van der Waals surface area contributed by atoms with E-state index in [0.29, 0.717) is 31.3 Å². The first-order valence-corrected chi connectivity index (χ1v) is 20.4. The average Bonchev–Trinajstić information content (AvgIpc) is 3.60. The Balaban J connectivity index is 0.991. The molecule has 1 saturated carbocycles. The molecule has 2 aromatic heterocycles. The monoisotopic (exact) mass is 741 g/mol. The predicted molar refractivity (Wildman–Crippen MR) is 207 cm³/mol. The predicted octanol–water partition coefficient (Wildman–Crippen LogP) is 7.78. The molecule has 1 aliphatic carbocycles. The number of carbonyl (C=O) groups excluding carboxylic acids is 1. The van der Waals surface area contributed by atoms with Gasteiger partial charge < -0.3 is 14.2 Å². The highest BCUT2D eigenvalue weighted by Crippen LogP contribution is 2.36. The molecule has 0 N–H and O–H groups in total. The quantitative estimate of drug-likeness (QED) is 0.0897. The molecule has 0 amide bonds. The molecule has 7 rings (SSSR count). The first-order valence-electron chi connectivity index (χ1n) is 19.2. The summed E-state index contributed by atoms with van der Waals surface area (Å²) >= 11 is 2.03. The Kier molecular flexibility index (Phi) is 13.2. The smallest absolute Gasteiger partial charge is 0.230 e. The van der Waals surface area contributed by atoms with Gasteiger partial charge in [-0.15, -0.1) is 0 Å². The van der Waals surface area contributed by atoms with Crippen LogP contribution < -0.4 is 4.74 Å². The molecular formula is C42H52FN5O4S. The van der Waals surface area contributed by atoms with E-state index < -0.39 is 5.82 Å². The number of rotatable bonds is 15. The Hall–Kier alpha value is -3.61. The highest BCUT2D eigenvalue weighted by molar-refractivity contribution is 7.99. The zero-order chi connectivity index (χ0) is 36.4. The second kappa shape index (κ2) is 18.6. The Bertz CT molecular complexity index is 1800. The zero-order valence-electron chi connectivity index (χ0n) is 30.9. The van der Waals surface area contributed by atoms with Crippen molar-refractivity contribution in [1.29, 1.82) is 0 Å². The summed E-state index contributed by atoms with van der Waals surface area (Å²) in [5, 5.41) is 4.36. The molecule has 2 aromatic carbocycles. The molecule has 4 aromatic rings. The molecule has 9 nitrogen and oxygen atoms in total. The summed E-state index contributed by atoms with van der Waals surface area (Å²) in [5.41, 5.74) is 5.93. The second-order valence-corrected chi connectivity index (χ2v) is 16.0. The molecule has 2 aliphatic heterocycles. The van der Waals surface area contributed by atoms with Crippen LogP contribution in [0.1, 0.15) is 65.7 Å². The molecule has 0 atom stereocenters. The zero-order valence-corrected chi connectivity index (χ0v) is 31.7. The summed E-state index contributed by atoms with van der Waals surface area (Å²) in [6.07, 6.45) is 8.49. The van der Waals surface area contributed by atoms with E-state index in [0.717, 1.165) is 108 Å². The van der Waals surface area contributed by atoms with Crippen LogP contribution in [0.3, 0.4) is 0 Å².